The number of nitrogens with zero attached hydrogens (tertiary/aromatic N) is 2. The summed E-state index contributed by atoms with van der Waals surface area (Å²) >= 11 is 5.92. The quantitative estimate of drug-likeness (QED) is 0.864. The van der Waals surface area contributed by atoms with Crippen LogP contribution in [0.3, 0.4) is 0 Å². The van der Waals surface area contributed by atoms with Crippen molar-refractivity contribution in [1.29, 1.82) is 0 Å². The van der Waals surface area contributed by atoms with E-state index in [-0.39, 0.29) is 0 Å². The Kier molecular flexibility index (Phi) is 4.96. The van der Waals surface area contributed by atoms with Gasteiger partial charge in [-0.25, -0.2) is 4.98 Å². The molecule has 1 heterocycles. The minimum absolute atomic E-state index is 0.326. The number of pyridine rings is 1. The second-order valence-electron chi connectivity index (χ2n) is 4.86. The van der Waals surface area contributed by atoms with E-state index in [0.29, 0.717) is 16.4 Å². The third-order valence-corrected chi connectivity index (χ3v) is 3.67. The Morgan fingerprint density at radius 2 is 2.00 bits per heavy atom. The molecule has 0 amide bonds. The molecule has 1 aromatic rings. The molecule has 0 radical (unpaired) electrons. The van der Waals surface area contributed by atoms with E-state index in [1.165, 1.54) is 6.20 Å². The first-order chi connectivity index (χ1) is 8.34. The second kappa shape index (κ2) is 5.87. The van der Waals surface area contributed by atoms with Gasteiger partial charge in [0.25, 0.3) is 0 Å². The normalized spacial score (nSPS) is 13.9. The predicted octanol–water partition coefficient (Wildman–Crippen LogP) is 2.47. The summed E-state index contributed by atoms with van der Waals surface area (Å²) in [4.78, 5) is 6.17. The molecule has 1 unspecified atom stereocenters. The Labute approximate surface area is 114 Å². The van der Waals surface area contributed by atoms with Crippen LogP contribution in [0.25, 0.3) is 0 Å². The van der Waals surface area contributed by atoms with Crippen molar-refractivity contribution >= 4 is 17.4 Å². The van der Waals surface area contributed by atoms with Crippen LogP contribution in [-0.4, -0.2) is 33.6 Å². The molecule has 0 spiro atoms. The zero-order chi connectivity index (χ0) is 13.9. The Hall–Kier alpha value is -0.840. The first-order valence-corrected chi connectivity index (χ1v) is 6.56. The van der Waals surface area contributed by atoms with Gasteiger partial charge in [-0.15, -0.1) is 0 Å². The van der Waals surface area contributed by atoms with Crippen molar-refractivity contribution in [2.45, 2.75) is 39.3 Å². The van der Waals surface area contributed by atoms with E-state index in [4.69, 9.17) is 17.3 Å². The highest BCUT2D eigenvalue weighted by Crippen LogP contribution is 2.34. The summed E-state index contributed by atoms with van der Waals surface area (Å²) in [6.45, 7) is 9.83. The molecular formula is C13H22ClN3O. The Morgan fingerprint density at radius 1 is 1.44 bits per heavy atom. The lowest BCUT2D eigenvalue weighted by atomic mass is 9.89. The van der Waals surface area contributed by atoms with Crippen LogP contribution in [-0.2, 0) is 0 Å². The highest BCUT2D eigenvalue weighted by atomic mass is 35.5. The molecule has 18 heavy (non-hydrogen) atoms. The van der Waals surface area contributed by atoms with Gasteiger partial charge in [0.05, 0.1) is 5.02 Å². The average Bonchev–Trinajstić information content (AvgIpc) is 2.32. The topological polar surface area (TPSA) is 62.4 Å². The number of hydrogen-bond acceptors (Lipinski definition) is 4. The molecule has 1 atom stereocenters. The van der Waals surface area contributed by atoms with E-state index in [9.17, 15) is 5.11 Å². The molecule has 1 aromatic heterocycles. The van der Waals surface area contributed by atoms with Crippen molar-refractivity contribution in [3.63, 3.8) is 0 Å². The third-order valence-electron chi connectivity index (χ3n) is 3.46. The summed E-state index contributed by atoms with van der Waals surface area (Å²) in [5.41, 5.74) is 5.98. The zero-order valence-corrected chi connectivity index (χ0v) is 12.2. The van der Waals surface area contributed by atoms with Crippen LogP contribution in [0.2, 0.25) is 5.02 Å². The number of aromatic nitrogens is 1. The molecule has 0 aliphatic heterocycles. The minimum atomic E-state index is -0.733. The molecule has 0 bridgehead atoms. The molecule has 4 nitrogen and oxygen atoms in total. The maximum absolute atomic E-state index is 10.6. The number of hydrogen-bond donors (Lipinski definition) is 2. The van der Waals surface area contributed by atoms with Gasteiger partial charge < -0.3 is 10.8 Å². The van der Waals surface area contributed by atoms with Crippen LogP contribution in [0.1, 0.15) is 39.4 Å². The van der Waals surface area contributed by atoms with E-state index < -0.39 is 11.6 Å². The van der Waals surface area contributed by atoms with Crippen LogP contribution in [0, 0.1) is 0 Å². The minimum Gasteiger partial charge on any atom is -0.386 e. The van der Waals surface area contributed by atoms with Crippen LogP contribution in [0.15, 0.2) is 12.3 Å². The molecule has 0 saturated heterocycles. The van der Waals surface area contributed by atoms with Crippen molar-refractivity contribution < 1.29 is 5.11 Å². The Balaban J connectivity index is 3.12. The summed E-state index contributed by atoms with van der Waals surface area (Å²) in [5, 5.41) is 11.0. The highest BCUT2D eigenvalue weighted by Gasteiger charge is 2.35. The maximum atomic E-state index is 10.6. The van der Waals surface area contributed by atoms with Crippen molar-refractivity contribution in [3.05, 3.63) is 22.8 Å². The van der Waals surface area contributed by atoms with Crippen LogP contribution in [0.5, 0.6) is 0 Å². The molecule has 0 aliphatic carbocycles. The van der Waals surface area contributed by atoms with Gasteiger partial charge in [-0.2, -0.15) is 0 Å². The molecule has 102 valence electrons. The number of rotatable bonds is 5. The Bertz CT molecular complexity index is 405. The van der Waals surface area contributed by atoms with E-state index in [2.05, 4.69) is 23.7 Å². The first-order valence-electron chi connectivity index (χ1n) is 6.18. The Morgan fingerprint density at radius 3 is 2.50 bits per heavy atom. The highest BCUT2D eigenvalue weighted by molar-refractivity contribution is 6.30. The molecule has 0 aromatic carbocycles. The van der Waals surface area contributed by atoms with E-state index in [0.717, 1.165) is 13.1 Å². The lowest BCUT2D eigenvalue weighted by Crippen LogP contribution is -2.48. The summed E-state index contributed by atoms with van der Waals surface area (Å²) < 4.78 is 0. The summed E-state index contributed by atoms with van der Waals surface area (Å²) in [6, 6.07) is 1.68. The van der Waals surface area contributed by atoms with Crippen molar-refractivity contribution in [1.82, 2.24) is 9.88 Å². The maximum Gasteiger partial charge on any atom is 0.129 e. The fourth-order valence-electron chi connectivity index (χ4n) is 2.28. The van der Waals surface area contributed by atoms with Gasteiger partial charge in [-0.05, 0) is 33.0 Å². The standard InChI is InChI=1S/C13H22ClN3O/c1-5-17(6-2)13(3,4)11(18)10-7-9(14)8-16-12(10)15/h7-8,11,18H,5-6H2,1-4H3,(H2,15,16). The third kappa shape index (κ3) is 2.94. The van der Waals surface area contributed by atoms with E-state index in [1.807, 2.05) is 13.8 Å². The summed E-state index contributed by atoms with van der Waals surface area (Å²) in [6.07, 6.45) is 0.751. The number of likely N-dealkylation sites (N-methyl/N-ethyl adjacent to an activating group) is 1. The lowest BCUT2D eigenvalue weighted by Gasteiger charge is -2.41. The van der Waals surface area contributed by atoms with E-state index >= 15 is 0 Å². The largest absolute Gasteiger partial charge is 0.386 e. The molecular weight excluding hydrogens is 250 g/mol. The van der Waals surface area contributed by atoms with Gasteiger partial charge in [-0.3, -0.25) is 4.90 Å². The number of halogens is 1. The smallest absolute Gasteiger partial charge is 0.129 e. The van der Waals surface area contributed by atoms with Crippen molar-refractivity contribution in [3.8, 4) is 0 Å². The number of nitrogen functional groups attached to an aromatic ring is 1. The van der Waals surface area contributed by atoms with Gasteiger partial charge in [0, 0.05) is 17.3 Å². The fourth-order valence-corrected chi connectivity index (χ4v) is 2.44. The van der Waals surface area contributed by atoms with Crippen LogP contribution < -0.4 is 5.73 Å². The molecule has 0 saturated carbocycles. The molecule has 1 rings (SSSR count). The number of anilines is 1. The van der Waals surface area contributed by atoms with Gasteiger partial charge in [0.1, 0.15) is 11.9 Å². The molecule has 3 N–H and O–H groups in total. The average molecular weight is 272 g/mol. The van der Waals surface area contributed by atoms with Gasteiger partial charge >= 0.3 is 0 Å². The predicted molar refractivity (Wildman–Crippen MR) is 75.6 cm³/mol. The number of aliphatic hydroxyl groups is 1. The fraction of sp³-hybridized carbons (Fsp3) is 0.615. The van der Waals surface area contributed by atoms with Gasteiger partial charge in [0.2, 0.25) is 0 Å². The van der Waals surface area contributed by atoms with Crippen molar-refractivity contribution in [2.75, 3.05) is 18.8 Å². The zero-order valence-electron chi connectivity index (χ0n) is 11.4. The van der Waals surface area contributed by atoms with Gasteiger partial charge in [0.15, 0.2) is 0 Å². The lowest BCUT2D eigenvalue weighted by molar-refractivity contribution is -0.00599. The van der Waals surface area contributed by atoms with Crippen LogP contribution >= 0.6 is 11.6 Å². The summed E-state index contributed by atoms with van der Waals surface area (Å²) in [5.74, 6) is 0.326. The molecule has 5 heteroatoms. The number of nitrogens with two attached hydrogens (primary N) is 1. The van der Waals surface area contributed by atoms with Crippen molar-refractivity contribution in [2.24, 2.45) is 0 Å². The SMILES string of the molecule is CCN(CC)C(C)(C)C(O)c1cc(Cl)cnc1N. The van der Waals surface area contributed by atoms with Crippen LogP contribution in [0.4, 0.5) is 5.82 Å². The van der Waals surface area contributed by atoms with E-state index in [1.54, 1.807) is 6.07 Å². The van der Waals surface area contributed by atoms with Gasteiger partial charge in [-0.1, -0.05) is 25.4 Å². The monoisotopic (exact) mass is 271 g/mol. The number of aliphatic hydroxyl groups excluding tert-OH is 1. The summed E-state index contributed by atoms with van der Waals surface area (Å²) in [7, 11) is 0. The molecule has 0 aliphatic rings. The molecule has 0 fully saturated rings. The first kappa shape index (κ1) is 15.2. The second-order valence-corrected chi connectivity index (χ2v) is 5.29.